The van der Waals surface area contributed by atoms with Crippen LogP contribution in [0.15, 0.2) is 46.2 Å². The first kappa shape index (κ1) is 15.8. The van der Waals surface area contributed by atoms with Gasteiger partial charge in [-0.2, -0.15) is 0 Å². The topological polar surface area (TPSA) is 52.0 Å². The molecule has 0 atom stereocenters. The van der Waals surface area contributed by atoms with E-state index in [1.165, 1.54) is 20.9 Å². The van der Waals surface area contributed by atoms with Crippen LogP contribution in [-0.2, 0) is 12.8 Å². The molecule has 0 aliphatic rings. The first-order valence-electron chi connectivity index (χ1n) is 7.58. The van der Waals surface area contributed by atoms with Crippen molar-refractivity contribution in [2.75, 3.05) is 11.5 Å². The molecule has 0 radical (unpaired) electrons. The highest BCUT2D eigenvalue weighted by Crippen LogP contribution is 2.32. The van der Waals surface area contributed by atoms with Crippen LogP contribution in [-0.4, -0.2) is 0 Å². The average Bonchev–Trinajstić information content (AvgIpc) is 2.47. The highest BCUT2D eigenvalue weighted by molar-refractivity contribution is 7.99. The third-order valence-electron chi connectivity index (χ3n) is 3.50. The van der Waals surface area contributed by atoms with Crippen LogP contribution in [0.4, 0.5) is 11.4 Å². The Hall–Kier alpha value is -1.61. The molecule has 2 aromatic rings. The number of hydrogen-bond donors (Lipinski definition) is 2. The Balaban J connectivity index is 2.21. The molecule has 21 heavy (non-hydrogen) atoms. The molecule has 2 nitrogen and oxygen atoms in total. The summed E-state index contributed by atoms with van der Waals surface area (Å²) in [7, 11) is 0. The lowest BCUT2D eigenvalue weighted by atomic mass is 10.1. The highest BCUT2D eigenvalue weighted by Gasteiger charge is 2.05. The SMILES string of the molecule is CCCc1cc(Sc2ccc(N)c(CCC)c2)ccc1N. The Morgan fingerprint density at radius 1 is 0.762 bits per heavy atom. The largest absolute Gasteiger partial charge is 0.399 e. The summed E-state index contributed by atoms with van der Waals surface area (Å²) in [4.78, 5) is 2.47. The summed E-state index contributed by atoms with van der Waals surface area (Å²) >= 11 is 1.77. The highest BCUT2D eigenvalue weighted by atomic mass is 32.2. The van der Waals surface area contributed by atoms with Gasteiger partial charge >= 0.3 is 0 Å². The van der Waals surface area contributed by atoms with E-state index in [1.807, 2.05) is 12.1 Å². The van der Waals surface area contributed by atoms with Gasteiger partial charge in [0.05, 0.1) is 0 Å². The van der Waals surface area contributed by atoms with Crippen LogP contribution >= 0.6 is 11.8 Å². The van der Waals surface area contributed by atoms with Crippen molar-refractivity contribution >= 4 is 23.1 Å². The molecule has 0 aliphatic carbocycles. The summed E-state index contributed by atoms with van der Waals surface area (Å²) < 4.78 is 0. The number of anilines is 2. The lowest BCUT2D eigenvalue weighted by molar-refractivity contribution is 0.919. The Morgan fingerprint density at radius 2 is 1.19 bits per heavy atom. The normalized spacial score (nSPS) is 10.8. The van der Waals surface area contributed by atoms with Gasteiger partial charge in [0, 0.05) is 21.2 Å². The van der Waals surface area contributed by atoms with Gasteiger partial charge < -0.3 is 11.5 Å². The monoisotopic (exact) mass is 300 g/mol. The molecule has 0 heterocycles. The predicted octanol–water partition coefficient (Wildman–Crippen LogP) is 4.91. The van der Waals surface area contributed by atoms with E-state index < -0.39 is 0 Å². The van der Waals surface area contributed by atoms with E-state index in [0.29, 0.717) is 0 Å². The summed E-state index contributed by atoms with van der Waals surface area (Å²) in [6.45, 7) is 4.35. The van der Waals surface area contributed by atoms with E-state index in [4.69, 9.17) is 11.5 Å². The zero-order valence-electron chi connectivity index (χ0n) is 12.9. The quantitative estimate of drug-likeness (QED) is 0.745. The van der Waals surface area contributed by atoms with Gasteiger partial charge in [-0.05, 0) is 60.4 Å². The van der Waals surface area contributed by atoms with E-state index in [1.54, 1.807) is 11.8 Å². The minimum Gasteiger partial charge on any atom is -0.399 e. The fraction of sp³-hybridized carbons (Fsp3) is 0.333. The first-order chi connectivity index (χ1) is 10.1. The van der Waals surface area contributed by atoms with Gasteiger partial charge in [-0.15, -0.1) is 0 Å². The van der Waals surface area contributed by atoms with Crippen molar-refractivity contribution in [2.45, 2.75) is 49.3 Å². The Morgan fingerprint density at radius 3 is 1.57 bits per heavy atom. The number of nitrogens with two attached hydrogens (primary N) is 2. The maximum absolute atomic E-state index is 6.03. The molecule has 0 spiro atoms. The van der Waals surface area contributed by atoms with Crippen molar-refractivity contribution < 1.29 is 0 Å². The van der Waals surface area contributed by atoms with Gasteiger partial charge in [0.2, 0.25) is 0 Å². The van der Waals surface area contributed by atoms with Gasteiger partial charge in [0.1, 0.15) is 0 Å². The molecule has 0 bridgehead atoms. The van der Waals surface area contributed by atoms with Crippen LogP contribution in [0.2, 0.25) is 0 Å². The second kappa shape index (κ2) is 7.41. The van der Waals surface area contributed by atoms with Gasteiger partial charge in [0.25, 0.3) is 0 Å². The minimum absolute atomic E-state index is 0.894. The van der Waals surface area contributed by atoms with Crippen LogP contribution < -0.4 is 11.5 Å². The van der Waals surface area contributed by atoms with Crippen LogP contribution in [0.25, 0.3) is 0 Å². The van der Waals surface area contributed by atoms with E-state index in [9.17, 15) is 0 Å². The predicted molar refractivity (Wildman–Crippen MR) is 93.8 cm³/mol. The summed E-state index contributed by atoms with van der Waals surface area (Å²) in [6, 6.07) is 12.6. The maximum Gasteiger partial charge on any atom is 0.0347 e. The lowest BCUT2D eigenvalue weighted by Crippen LogP contribution is -1.95. The van der Waals surface area contributed by atoms with Crippen molar-refractivity contribution in [1.29, 1.82) is 0 Å². The van der Waals surface area contributed by atoms with Crippen LogP contribution in [0.5, 0.6) is 0 Å². The smallest absolute Gasteiger partial charge is 0.0347 e. The lowest BCUT2D eigenvalue weighted by Gasteiger charge is -2.10. The molecule has 0 unspecified atom stereocenters. The molecule has 0 amide bonds. The molecular weight excluding hydrogens is 276 g/mol. The van der Waals surface area contributed by atoms with E-state index in [2.05, 4.69) is 38.1 Å². The average molecular weight is 300 g/mol. The molecule has 4 N–H and O–H groups in total. The second-order valence-electron chi connectivity index (χ2n) is 5.32. The van der Waals surface area contributed by atoms with Gasteiger partial charge in [-0.1, -0.05) is 38.5 Å². The Labute approximate surface area is 131 Å². The van der Waals surface area contributed by atoms with E-state index in [0.717, 1.165) is 37.1 Å². The summed E-state index contributed by atoms with van der Waals surface area (Å²) in [5, 5.41) is 0. The van der Waals surface area contributed by atoms with E-state index in [-0.39, 0.29) is 0 Å². The number of nitrogen functional groups attached to an aromatic ring is 2. The van der Waals surface area contributed by atoms with Crippen molar-refractivity contribution in [3.8, 4) is 0 Å². The minimum atomic E-state index is 0.894. The molecule has 0 saturated heterocycles. The van der Waals surface area contributed by atoms with Crippen LogP contribution in [0, 0.1) is 0 Å². The molecule has 3 heteroatoms. The third kappa shape index (κ3) is 4.18. The fourth-order valence-corrected chi connectivity index (χ4v) is 3.35. The molecule has 0 aliphatic heterocycles. The van der Waals surface area contributed by atoms with E-state index >= 15 is 0 Å². The van der Waals surface area contributed by atoms with Crippen LogP contribution in [0.1, 0.15) is 37.8 Å². The van der Waals surface area contributed by atoms with Crippen molar-refractivity contribution in [3.63, 3.8) is 0 Å². The maximum atomic E-state index is 6.03. The first-order valence-corrected chi connectivity index (χ1v) is 8.40. The number of aryl methyl sites for hydroxylation is 2. The molecule has 0 fully saturated rings. The second-order valence-corrected chi connectivity index (χ2v) is 6.47. The van der Waals surface area contributed by atoms with Crippen LogP contribution in [0.3, 0.4) is 0 Å². The third-order valence-corrected chi connectivity index (χ3v) is 4.48. The molecule has 2 rings (SSSR count). The number of benzene rings is 2. The summed E-state index contributed by atoms with van der Waals surface area (Å²) in [5.41, 5.74) is 16.3. The Kier molecular flexibility index (Phi) is 5.57. The van der Waals surface area contributed by atoms with Crippen molar-refractivity contribution in [3.05, 3.63) is 47.5 Å². The van der Waals surface area contributed by atoms with Gasteiger partial charge in [-0.25, -0.2) is 0 Å². The Bertz CT molecular complexity index is 555. The summed E-state index contributed by atoms with van der Waals surface area (Å²) in [5.74, 6) is 0. The van der Waals surface area contributed by atoms with Gasteiger partial charge in [-0.3, -0.25) is 0 Å². The molecule has 0 aromatic heterocycles. The van der Waals surface area contributed by atoms with Crippen molar-refractivity contribution in [1.82, 2.24) is 0 Å². The number of hydrogen-bond acceptors (Lipinski definition) is 3. The zero-order valence-corrected chi connectivity index (χ0v) is 13.7. The summed E-state index contributed by atoms with van der Waals surface area (Å²) in [6.07, 6.45) is 4.29. The zero-order chi connectivity index (χ0) is 15.2. The molecule has 2 aromatic carbocycles. The standard InChI is InChI=1S/C18H24N2S/c1-3-5-13-11-15(7-9-17(13)19)21-16-8-10-18(20)14(12-16)6-4-2/h7-12H,3-6,19-20H2,1-2H3. The van der Waals surface area contributed by atoms with Crippen molar-refractivity contribution in [2.24, 2.45) is 0 Å². The molecule has 112 valence electrons. The van der Waals surface area contributed by atoms with Gasteiger partial charge in [0.15, 0.2) is 0 Å². The molecule has 0 saturated carbocycles. The number of rotatable bonds is 6. The molecular formula is C18H24N2S. The fourth-order valence-electron chi connectivity index (χ4n) is 2.40.